The van der Waals surface area contributed by atoms with Crippen molar-refractivity contribution in [3.05, 3.63) is 28.1 Å². The second-order valence-electron chi connectivity index (χ2n) is 4.73. The van der Waals surface area contributed by atoms with E-state index in [0.717, 1.165) is 25.5 Å². The van der Waals surface area contributed by atoms with E-state index in [9.17, 15) is 14.5 Å². The summed E-state index contributed by atoms with van der Waals surface area (Å²) >= 11 is 0. The minimum Gasteiger partial charge on any atom is -0.490 e. The Morgan fingerprint density at radius 1 is 1.60 bits per heavy atom. The second kappa shape index (κ2) is 6.51. The number of ether oxygens (including phenoxy) is 2. The van der Waals surface area contributed by atoms with Crippen molar-refractivity contribution in [2.45, 2.75) is 12.8 Å². The molecule has 1 heterocycles. The number of hydrogen-bond donors (Lipinski definition) is 1. The van der Waals surface area contributed by atoms with Crippen LogP contribution in [-0.2, 0) is 4.74 Å². The third-order valence-corrected chi connectivity index (χ3v) is 3.30. The average Bonchev–Trinajstić information content (AvgIpc) is 2.46. The fourth-order valence-electron chi connectivity index (χ4n) is 2.21. The van der Waals surface area contributed by atoms with Crippen LogP contribution in [0.2, 0.25) is 0 Å². The number of nitrogens with zero attached hydrogens (tertiary/aromatic N) is 1. The highest BCUT2D eigenvalue weighted by Crippen LogP contribution is 2.32. The molecule has 1 aliphatic heterocycles. The fraction of sp³-hybridized carbons (Fsp3) is 0.538. The molecule has 1 saturated heterocycles. The van der Waals surface area contributed by atoms with E-state index in [4.69, 9.17) is 9.47 Å². The van der Waals surface area contributed by atoms with Gasteiger partial charge in [0.2, 0.25) is 0 Å². The number of benzene rings is 1. The summed E-state index contributed by atoms with van der Waals surface area (Å²) in [5.74, 6) is -0.294. The van der Waals surface area contributed by atoms with Gasteiger partial charge in [-0.3, -0.25) is 10.1 Å². The quantitative estimate of drug-likeness (QED) is 0.664. The number of nitro benzene ring substituents is 1. The Hall–Kier alpha value is -1.89. The monoisotopic (exact) mass is 284 g/mol. The van der Waals surface area contributed by atoms with E-state index in [1.165, 1.54) is 13.2 Å². The molecule has 0 saturated carbocycles. The molecule has 1 atom stereocenters. The molecule has 1 aromatic carbocycles. The van der Waals surface area contributed by atoms with Crippen LogP contribution in [0, 0.1) is 21.8 Å². The van der Waals surface area contributed by atoms with Crippen LogP contribution in [0.15, 0.2) is 12.1 Å². The lowest BCUT2D eigenvalue weighted by Crippen LogP contribution is -2.24. The van der Waals surface area contributed by atoms with Crippen molar-refractivity contribution in [2.75, 3.05) is 32.2 Å². The molecule has 1 N–H and O–H groups in total. The Kier molecular flexibility index (Phi) is 4.73. The third-order valence-electron chi connectivity index (χ3n) is 3.30. The first kappa shape index (κ1) is 14.5. The van der Waals surface area contributed by atoms with Crippen LogP contribution in [0.3, 0.4) is 0 Å². The standard InChI is InChI=1S/C13H17FN2O4/c1-19-13-6-11(10(14)5-12(13)16(17)18)15-7-9-3-2-4-20-8-9/h5-6,9,15H,2-4,7-8H2,1H3. The molecular formula is C13H17FN2O4. The molecule has 110 valence electrons. The van der Waals surface area contributed by atoms with E-state index < -0.39 is 10.7 Å². The lowest BCUT2D eigenvalue weighted by Gasteiger charge is -2.22. The normalized spacial score (nSPS) is 18.6. The van der Waals surface area contributed by atoms with Crippen molar-refractivity contribution in [3.63, 3.8) is 0 Å². The first-order valence-electron chi connectivity index (χ1n) is 6.45. The number of anilines is 1. The Balaban J connectivity index is 2.09. The lowest BCUT2D eigenvalue weighted by molar-refractivity contribution is -0.385. The molecule has 7 heteroatoms. The van der Waals surface area contributed by atoms with Crippen molar-refractivity contribution in [2.24, 2.45) is 5.92 Å². The largest absolute Gasteiger partial charge is 0.490 e. The summed E-state index contributed by atoms with van der Waals surface area (Å²) in [5.41, 5.74) is -0.172. The second-order valence-corrected chi connectivity index (χ2v) is 4.73. The van der Waals surface area contributed by atoms with Gasteiger partial charge in [-0.15, -0.1) is 0 Å². The van der Waals surface area contributed by atoms with Gasteiger partial charge in [-0.2, -0.15) is 0 Å². The van der Waals surface area contributed by atoms with Gasteiger partial charge in [-0.05, 0) is 18.8 Å². The molecule has 20 heavy (non-hydrogen) atoms. The van der Waals surface area contributed by atoms with E-state index >= 15 is 0 Å². The summed E-state index contributed by atoms with van der Waals surface area (Å²) in [6, 6.07) is 2.19. The summed E-state index contributed by atoms with van der Waals surface area (Å²) < 4.78 is 24.1. The number of halogens is 1. The van der Waals surface area contributed by atoms with Crippen molar-refractivity contribution in [3.8, 4) is 5.75 Å². The maximum absolute atomic E-state index is 13.8. The predicted molar refractivity (Wildman–Crippen MR) is 71.6 cm³/mol. The Morgan fingerprint density at radius 3 is 3.00 bits per heavy atom. The van der Waals surface area contributed by atoms with E-state index in [2.05, 4.69) is 5.32 Å². The minimum absolute atomic E-state index is 0.0406. The van der Waals surface area contributed by atoms with Gasteiger partial charge < -0.3 is 14.8 Å². The van der Waals surface area contributed by atoms with E-state index in [0.29, 0.717) is 19.1 Å². The number of nitrogens with one attached hydrogen (secondary N) is 1. The van der Waals surface area contributed by atoms with Crippen LogP contribution in [0.1, 0.15) is 12.8 Å². The zero-order valence-electron chi connectivity index (χ0n) is 11.2. The van der Waals surface area contributed by atoms with E-state index in [-0.39, 0.29) is 17.1 Å². The first-order valence-corrected chi connectivity index (χ1v) is 6.45. The smallest absolute Gasteiger partial charge is 0.313 e. The first-order chi connectivity index (χ1) is 9.61. The van der Waals surface area contributed by atoms with Gasteiger partial charge in [-0.25, -0.2) is 4.39 Å². The van der Waals surface area contributed by atoms with Gasteiger partial charge in [0.1, 0.15) is 0 Å². The lowest BCUT2D eigenvalue weighted by atomic mass is 10.0. The van der Waals surface area contributed by atoms with Crippen molar-refractivity contribution >= 4 is 11.4 Å². The molecule has 2 rings (SSSR count). The van der Waals surface area contributed by atoms with Crippen LogP contribution in [0.5, 0.6) is 5.75 Å². The maximum atomic E-state index is 13.8. The Labute approximate surface area is 116 Å². The van der Waals surface area contributed by atoms with Crippen LogP contribution in [0.25, 0.3) is 0 Å². The van der Waals surface area contributed by atoms with Crippen LogP contribution < -0.4 is 10.1 Å². The summed E-state index contributed by atoms with van der Waals surface area (Å²) in [4.78, 5) is 10.1. The van der Waals surface area contributed by atoms with Crippen LogP contribution in [-0.4, -0.2) is 31.8 Å². The summed E-state index contributed by atoms with van der Waals surface area (Å²) in [6.07, 6.45) is 2.02. The Morgan fingerprint density at radius 2 is 2.40 bits per heavy atom. The van der Waals surface area contributed by atoms with E-state index in [1.807, 2.05) is 0 Å². The number of rotatable bonds is 5. The maximum Gasteiger partial charge on any atom is 0.313 e. The van der Waals surface area contributed by atoms with Gasteiger partial charge in [-0.1, -0.05) is 0 Å². The van der Waals surface area contributed by atoms with Crippen molar-refractivity contribution in [1.29, 1.82) is 0 Å². The van der Waals surface area contributed by atoms with Gasteiger partial charge in [0, 0.05) is 19.2 Å². The predicted octanol–water partition coefficient (Wildman–Crippen LogP) is 2.58. The number of nitro groups is 1. The molecule has 0 spiro atoms. The molecule has 0 bridgehead atoms. The molecule has 0 amide bonds. The molecule has 1 aliphatic rings. The van der Waals surface area contributed by atoms with Gasteiger partial charge in [0.25, 0.3) is 0 Å². The average molecular weight is 284 g/mol. The number of methoxy groups -OCH3 is 1. The van der Waals surface area contributed by atoms with Gasteiger partial charge in [0.15, 0.2) is 11.6 Å². The summed E-state index contributed by atoms with van der Waals surface area (Å²) in [6.45, 7) is 1.99. The third kappa shape index (κ3) is 3.36. The fourth-order valence-corrected chi connectivity index (χ4v) is 2.21. The SMILES string of the molecule is COc1cc(NCC2CCCOC2)c(F)cc1[N+](=O)[O-]. The highest BCUT2D eigenvalue weighted by Gasteiger charge is 2.20. The van der Waals surface area contributed by atoms with Crippen LogP contribution in [0.4, 0.5) is 15.8 Å². The Bertz CT molecular complexity index is 490. The van der Waals surface area contributed by atoms with Crippen molar-refractivity contribution < 1.29 is 18.8 Å². The van der Waals surface area contributed by atoms with Gasteiger partial charge in [0.05, 0.1) is 30.4 Å². The highest BCUT2D eigenvalue weighted by molar-refractivity contribution is 5.59. The minimum atomic E-state index is -0.666. The molecule has 6 nitrogen and oxygen atoms in total. The molecule has 0 aliphatic carbocycles. The zero-order chi connectivity index (χ0) is 14.5. The molecule has 0 aromatic heterocycles. The summed E-state index contributed by atoms with van der Waals surface area (Å²) in [5, 5.41) is 13.7. The molecular weight excluding hydrogens is 267 g/mol. The topological polar surface area (TPSA) is 73.6 Å². The van der Waals surface area contributed by atoms with Crippen LogP contribution >= 0.6 is 0 Å². The summed E-state index contributed by atoms with van der Waals surface area (Å²) in [7, 11) is 1.32. The van der Waals surface area contributed by atoms with E-state index in [1.54, 1.807) is 0 Å². The zero-order valence-corrected chi connectivity index (χ0v) is 11.2. The molecule has 1 aromatic rings. The highest BCUT2D eigenvalue weighted by atomic mass is 19.1. The molecule has 0 radical (unpaired) electrons. The van der Waals surface area contributed by atoms with Gasteiger partial charge >= 0.3 is 5.69 Å². The van der Waals surface area contributed by atoms with Crippen molar-refractivity contribution in [1.82, 2.24) is 0 Å². The molecule has 1 unspecified atom stereocenters. The number of hydrogen-bond acceptors (Lipinski definition) is 5. The molecule has 1 fully saturated rings.